The van der Waals surface area contributed by atoms with Gasteiger partial charge in [0.2, 0.25) is 0 Å². The highest BCUT2D eigenvalue weighted by molar-refractivity contribution is 5.35. The van der Waals surface area contributed by atoms with E-state index in [2.05, 4.69) is 5.32 Å². The molecular weight excluding hydrogens is 212 g/mol. The minimum Gasteiger partial charge on any atom is -0.496 e. The Kier molecular flexibility index (Phi) is 4.68. The van der Waals surface area contributed by atoms with Crippen molar-refractivity contribution < 1.29 is 13.5 Å². The maximum absolute atomic E-state index is 12.4. The molecule has 0 aliphatic heterocycles. The molecule has 2 unspecified atom stereocenters. The lowest BCUT2D eigenvalue weighted by atomic mass is 10.1. The molecule has 0 aliphatic carbocycles. The molecule has 2 nitrogen and oxygen atoms in total. The summed E-state index contributed by atoms with van der Waals surface area (Å²) < 4.78 is 30.0. The molecule has 0 aliphatic rings. The van der Waals surface area contributed by atoms with Gasteiger partial charge in [-0.3, -0.25) is 0 Å². The van der Waals surface area contributed by atoms with E-state index in [9.17, 15) is 8.78 Å². The number of hydrogen-bond donors (Lipinski definition) is 1. The molecule has 0 radical (unpaired) electrons. The predicted molar refractivity (Wildman–Crippen MR) is 60.0 cm³/mol. The van der Waals surface area contributed by atoms with Gasteiger partial charge in [0.05, 0.1) is 13.2 Å². The molecular formula is C12H17F2NO. The van der Waals surface area contributed by atoms with E-state index >= 15 is 0 Å². The summed E-state index contributed by atoms with van der Waals surface area (Å²) in [5.74, 6) is 0.712. The summed E-state index contributed by atoms with van der Waals surface area (Å²) >= 11 is 0. The number of hydrogen-bond acceptors (Lipinski definition) is 2. The van der Waals surface area contributed by atoms with Gasteiger partial charge < -0.3 is 10.1 Å². The van der Waals surface area contributed by atoms with E-state index in [4.69, 9.17) is 4.74 Å². The molecule has 0 saturated carbocycles. The van der Waals surface area contributed by atoms with Crippen LogP contribution in [0.5, 0.6) is 5.75 Å². The van der Waals surface area contributed by atoms with Crippen molar-refractivity contribution in [2.75, 3.05) is 7.11 Å². The fourth-order valence-corrected chi connectivity index (χ4v) is 1.58. The van der Waals surface area contributed by atoms with Crippen LogP contribution in [0.1, 0.15) is 25.5 Å². The van der Waals surface area contributed by atoms with Crippen molar-refractivity contribution in [2.24, 2.45) is 0 Å². The van der Waals surface area contributed by atoms with Crippen molar-refractivity contribution in [3.63, 3.8) is 0 Å². The van der Waals surface area contributed by atoms with E-state index in [1.807, 2.05) is 31.2 Å². The zero-order valence-corrected chi connectivity index (χ0v) is 9.71. The van der Waals surface area contributed by atoms with Crippen molar-refractivity contribution in [3.8, 4) is 5.75 Å². The maximum atomic E-state index is 12.4. The lowest BCUT2D eigenvalue weighted by Crippen LogP contribution is -2.34. The molecule has 0 spiro atoms. The smallest absolute Gasteiger partial charge is 0.253 e. The van der Waals surface area contributed by atoms with Crippen molar-refractivity contribution in [1.29, 1.82) is 0 Å². The summed E-state index contributed by atoms with van der Waals surface area (Å²) in [4.78, 5) is 0. The number of rotatable bonds is 5. The maximum Gasteiger partial charge on any atom is 0.253 e. The summed E-state index contributed by atoms with van der Waals surface area (Å²) in [6.07, 6.45) is -2.36. The van der Waals surface area contributed by atoms with Gasteiger partial charge in [-0.2, -0.15) is 0 Å². The number of nitrogens with one attached hydrogen (secondary N) is 1. The number of halogens is 2. The van der Waals surface area contributed by atoms with Gasteiger partial charge in [0.15, 0.2) is 0 Å². The molecule has 0 aromatic heterocycles. The summed E-state index contributed by atoms with van der Waals surface area (Å²) in [7, 11) is 1.57. The molecule has 90 valence electrons. The highest BCUT2D eigenvalue weighted by atomic mass is 19.3. The van der Waals surface area contributed by atoms with E-state index in [-0.39, 0.29) is 6.04 Å². The highest BCUT2D eigenvalue weighted by Crippen LogP contribution is 2.24. The molecule has 0 bridgehead atoms. The first-order valence-electron chi connectivity index (χ1n) is 5.23. The van der Waals surface area contributed by atoms with Crippen LogP contribution >= 0.6 is 0 Å². The Hall–Kier alpha value is -1.16. The van der Waals surface area contributed by atoms with E-state index in [0.29, 0.717) is 5.75 Å². The average Bonchev–Trinajstić information content (AvgIpc) is 2.28. The fourth-order valence-electron chi connectivity index (χ4n) is 1.58. The predicted octanol–water partition coefficient (Wildman–Crippen LogP) is 3.00. The third-order valence-electron chi connectivity index (χ3n) is 2.50. The van der Waals surface area contributed by atoms with Gasteiger partial charge in [-0.05, 0) is 19.9 Å². The van der Waals surface area contributed by atoms with Crippen molar-refractivity contribution in [3.05, 3.63) is 29.8 Å². The first kappa shape index (κ1) is 12.9. The van der Waals surface area contributed by atoms with Crippen molar-refractivity contribution in [2.45, 2.75) is 32.4 Å². The van der Waals surface area contributed by atoms with Gasteiger partial charge in [-0.1, -0.05) is 18.2 Å². The van der Waals surface area contributed by atoms with Crippen LogP contribution in [0.2, 0.25) is 0 Å². The van der Waals surface area contributed by atoms with Crippen molar-refractivity contribution >= 4 is 0 Å². The second kappa shape index (κ2) is 5.80. The third-order valence-corrected chi connectivity index (χ3v) is 2.50. The van der Waals surface area contributed by atoms with Gasteiger partial charge in [0.25, 0.3) is 6.43 Å². The molecule has 0 heterocycles. The minimum atomic E-state index is -2.36. The number of ether oxygens (including phenoxy) is 1. The molecule has 16 heavy (non-hydrogen) atoms. The monoisotopic (exact) mass is 229 g/mol. The molecule has 2 atom stereocenters. The van der Waals surface area contributed by atoms with Crippen LogP contribution in [0.4, 0.5) is 8.78 Å². The van der Waals surface area contributed by atoms with E-state index in [0.717, 1.165) is 5.56 Å². The number of para-hydroxylation sites is 1. The second-order valence-electron chi connectivity index (χ2n) is 3.75. The van der Waals surface area contributed by atoms with E-state index in [1.54, 1.807) is 7.11 Å². The standard InChI is InChI=1S/C12H17F2NO/c1-8(15-9(2)12(13)14)10-6-4-5-7-11(10)16-3/h4-9,12,15H,1-3H3. The Balaban J connectivity index is 2.76. The van der Waals surface area contributed by atoms with Gasteiger partial charge in [0.1, 0.15) is 5.75 Å². The summed E-state index contributed by atoms with van der Waals surface area (Å²) in [6, 6.07) is 6.41. The topological polar surface area (TPSA) is 21.3 Å². The fraction of sp³-hybridized carbons (Fsp3) is 0.500. The largest absolute Gasteiger partial charge is 0.496 e. The molecule has 0 amide bonds. The third kappa shape index (κ3) is 3.17. The van der Waals surface area contributed by atoms with Crippen LogP contribution in [0, 0.1) is 0 Å². The quantitative estimate of drug-likeness (QED) is 0.838. The Labute approximate surface area is 94.6 Å². The SMILES string of the molecule is COc1ccccc1C(C)NC(C)C(F)F. The summed E-state index contributed by atoms with van der Waals surface area (Å²) in [6.45, 7) is 3.31. The normalized spacial score (nSPS) is 14.9. The van der Waals surface area contributed by atoms with Crippen LogP contribution in [0.15, 0.2) is 24.3 Å². The Morgan fingerprint density at radius 3 is 2.38 bits per heavy atom. The first-order chi connectivity index (χ1) is 7.56. The Bertz CT molecular complexity index is 331. The zero-order valence-electron chi connectivity index (χ0n) is 9.71. The number of benzene rings is 1. The first-order valence-corrected chi connectivity index (χ1v) is 5.23. The molecule has 4 heteroatoms. The number of methoxy groups -OCH3 is 1. The lowest BCUT2D eigenvalue weighted by molar-refractivity contribution is 0.101. The Morgan fingerprint density at radius 2 is 1.81 bits per heavy atom. The van der Waals surface area contributed by atoms with Crippen LogP contribution in [-0.4, -0.2) is 19.6 Å². The van der Waals surface area contributed by atoms with Gasteiger partial charge in [0, 0.05) is 11.6 Å². The van der Waals surface area contributed by atoms with Crippen LogP contribution in [0.3, 0.4) is 0 Å². The van der Waals surface area contributed by atoms with Crippen LogP contribution in [0.25, 0.3) is 0 Å². The number of alkyl halides is 2. The highest BCUT2D eigenvalue weighted by Gasteiger charge is 2.19. The van der Waals surface area contributed by atoms with Gasteiger partial charge >= 0.3 is 0 Å². The van der Waals surface area contributed by atoms with Gasteiger partial charge in [-0.15, -0.1) is 0 Å². The molecule has 1 N–H and O–H groups in total. The van der Waals surface area contributed by atoms with E-state index in [1.165, 1.54) is 6.92 Å². The summed E-state index contributed by atoms with van der Waals surface area (Å²) in [5.41, 5.74) is 0.887. The molecule has 1 aromatic rings. The van der Waals surface area contributed by atoms with E-state index < -0.39 is 12.5 Å². The molecule has 1 rings (SSSR count). The zero-order chi connectivity index (χ0) is 12.1. The minimum absolute atomic E-state index is 0.167. The van der Waals surface area contributed by atoms with Gasteiger partial charge in [-0.25, -0.2) is 8.78 Å². The lowest BCUT2D eigenvalue weighted by Gasteiger charge is -2.21. The summed E-state index contributed by atoms with van der Waals surface area (Å²) in [5, 5.41) is 2.84. The van der Waals surface area contributed by atoms with Crippen LogP contribution < -0.4 is 10.1 Å². The van der Waals surface area contributed by atoms with Crippen LogP contribution in [-0.2, 0) is 0 Å². The van der Waals surface area contributed by atoms with Crippen molar-refractivity contribution in [1.82, 2.24) is 5.32 Å². The average molecular weight is 229 g/mol. The second-order valence-corrected chi connectivity index (χ2v) is 3.75. The molecule has 0 saturated heterocycles. The molecule has 1 aromatic carbocycles. The molecule has 0 fully saturated rings. The Morgan fingerprint density at radius 1 is 1.19 bits per heavy atom.